The highest BCUT2D eigenvalue weighted by Crippen LogP contribution is 2.19. The number of para-hydroxylation sites is 1. The Balaban J connectivity index is 1.99. The lowest BCUT2D eigenvalue weighted by atomic mass is 10.0. The molecular weight excluding hydrogens is 218 g/mol. The average molecular weight is 239 g/mol. The number of benzene rings is 2. The molecule has 18 heavy (non-hydrogen) atoms. The van der Waals surface area contributed by atoms with Gasteiger partial charge >= 0.3 is 0 Å². The molecule has 0 amide bonds. The van der Waals surface area contributed by atoms with Crippen molar-refractivity contribution in [3.63, 3.8) is 0 Å². The Morgan fingerprint density at radius 3 is 2.33 bits per heavy atom. The van der Waals surface area contributed by atoms with Crippen LogP contribution in [0.4, 0.5) is 5.69 Å². The van der Waals surface area contributed by atoms with E-state index in [1.807, 2.05) is 0 Å². The van der Waals surface area contributed by atoms with Crippen LogP contribution >= 0.6 is 0 Å². The van der Waals surface area contributed by atoms with Gasteiger partial charge in [0.2, 0.25) is 0 Å². The highest BCUT2D eigenvalue weighted by Gasteiger charge is 2.05. The maximum Gasteiger partial charge on any atom is 0.0372 e. The quantitative estimate of drug-likeness (QED) is 0.812. The highest BCUT2D eigenvalue weighted by atomic mass is 14.9. The lowest BCUT2D eigenvalue weighted by molar-refractivity contribution is 0.803. The molecule has 2 aromatic rings. The molecule has 1 unspecified atom stereocenters. The number of hydrogen-bond donors (Lipinski definition) is 1. The molecule has 2 rings (SSSR count). The fraction of sp³-hybridized carbons (Fsp3) is 0.294. The predicted molar refractivity (Wildman–Crippen MR) is 79.2 cm³/mol. The summed E-state index contributed by atoms with van der Waals surface area (Å²) in [5.74, 6) is 0.524. The third-order valence-corrected chi connectivity index (χ3v) is 3.37. The number of aryl methyl sites for hydroxylation is 1. The van der Waals surface area contributed by atoms with E-state index in [2.05, 4.69) is 73.8 Å². The third kappa shape index (κ3) is 3.13. The van der Waals surface area contributed by atoms with Gasteiger partial charge in [-0.05, 0) is 29.5 Å². The zero-order chi connectivity index (χ0) is 12.8. The van der Waals surface area contributed by atoms with Crippen LogP contribution in [-0.2, 0) is 6.42 Å². The van der Waals surface area contributed by atoms with Crippen molar-refractivity contribution in [3.05, 3.63) is 65.7 Å². The van der Waals surface area contributed by atoms with E-state index >= 15 is 0 Å². The molecule has 0 aliphatic rings. The molecule has 1 heteroatoms. The molecule has 0 bridgehead atoms. The summed E-state index contributed by atoms with van der Waals surface area (Å²) in [5.41, 5.74) is 4.04. The molecular formula is C17H21N. The molecule has 0 aromatic heterocycles. The Hall–Kier alpha value is -1.76. The van der Waals surface area contributed by atoms with Crippen molar-refractivity contribution in [3.8, 4) is 0 Å². The molecule has 0 saturated heterocycles. The van der Waals surface area contributed by atoms with E-state index in [0.29, 0.717) is 5.92 Å². The lowest BCUT2D eigenvalue weighted by Crippen LogP contribution is -2.10. The summed E-state index contributed by atoms with van der Waals surface area (Å²) in [6, 6.07) is 19.2. The molecule has 1 N–H and O–H groups in total. The van der Waals surface area contributed by atoms with E-state index in [1.54, 1.807) is 0 Å². The first-order valence-electron chi connectivity index (χ1n) is 6.68. The van der Waals surface area contributed by atoms with Crippen LogP contribution < -0.4 is 5.32 Å². The number of anilines is 1. The minimum Gasteiger partial charge on any atom is -0.384 e. The van der Waals surface area contributed by atoms with Gasteiger partial charge in [-0.15, -0.1) is 0 Å². The maximum atomic E-state index is 3.56. The van der Waals surface area contributed by atoms with Gasteiger partial charge < -0.3 is 5.32 Å². The van der Waals surface area contributed by atoms with Gasteiger partial charge in [0.05, 0.1) is 0 Å². The molecule has 0 fully saturated rings. The largest absolute Gasteiger partial charge is 0.384 e. The van der Waals surface area contributed by atoms with Crippen LogP contribution in [0.2, 0.25) is 0 Å². The van der Waals surface area contributed by atoms with Crippen molar-refractivity contribution in [1.29, 1.82) is 0 Å². The van der Waals surface area contributed by atoms with E-state index in [0.717, 1.165) is 13.0 Å². The molecule has 1 atom stereocenters. The monoisotopic (exact) mass is 239 g/mol. The third-order valence-electron chi connectivity index (χ3n) is 3.37. The van der Waals surface area contributed by atoms with Gasteiger partial charge in [0.1, 0.15) is 0 Å². The van der Waals surface area contributed by atoms with Crippen molar-refractivity contribution in [1.82, 2.24) is 0 Å². The van der Waals surface area contributed by atoms with Crippen LogP contribution in [0.15, 0.2) is 54.6 Å². The SMILES string of the molecule is CCc1ccccc1NCC(C)c1ccccc1. The van der Waals surface area contributed by atoms with Gasteiger partial charge in [-0.2, -0.15) is 0 Å². The van der Waals surface area contributed by atoms with E-state index in [9.17, 15) is 0 Å². The maximum absolute atomic E-state index is 3.56. The van der Waals surface area contributed by atoms with Crippen molar-refractivity contribution in [2.45, 2.75) is 26.2 Å². The van der Waals surface area contributed by atoms with Crippen LogP contribution in [-0.4, -0.2) is 6.54 Å². The fourth-order valence-electron chi connectivity index (χ4n) is 2.16. The lowest BCUT2D eigenvalue weighted by Gasteiger charge is -2.16. The van der Waals surface area contributed by atoms with Crippen molar-refractivity contribution >= 4 is 5.69 Å². The molecule has 2 aromatic carbocycles. The van der Waals surface area contributed by atoms with E-state index in [-0.39, 0.29) is 0 Å². The molecule has 0 radical (unpaired) electrons. The van der Waals surface area contributed by atoms with Crippen molar-refractivity contribution in [2.24, 2.45) is 0 Å². The van der Waals surface area contributed by atoms with Crippen LogP contribution in [0.1, 0.15) is 30.9 Å². The zero-order valence-electron chi connectivity index (χ0n) is 11.2. The molecule has 0 saturated carbocycles. The Morgan fingerprint density at radius 2 is 1.61 bits per heavy atom. The van der Waals surface area contributed by atoms with Gasteiger partial charge in [-0.3, -0.25) is 0 Å². The standard InChI is InChI=1S/C17H21N/c1-3-15-9-7-8-12-17(15)18-13-14(2)16-10-5-4-6-11-16/h4-12,14,18H,3,13H2,1-2H3. The molecule has 0 spiro atoms. The van der Waals surface area contributed by atoms with Gasteiger partial charge in [-0.1, -0.05) is 62.4 Å². The van der Waals surface area contributed by atoms with Crippen LogP contribution in [0, 0.1) is 0 Å². The Bertz CT molecular complexity index is 476. The molecule has 94 valence electrons. The summed E-state index contributed by atoms with van der Waals surface area (Å²) in [4.78, 5) is 0. The van der Waals surface area contributed by atoms with Gasteiger partial charge in [0, 0.05) is 12.2 Å². The second-order valence-corrected chi connectivity index (χ2v) is 4.70. The van der Waals surface area contributed by atoms with Gasteiger partial charge in [0.25, 0.3) is 0 Å². The average Bonchev–Trinajstić information content (AvgIpc) is 2.46. The smallest absolute Gasteiger partial charge is 0.0372 e. The second kappa shape index (κ2) is 6.25. The van der Waals surface area contributed by atoms with Crippen LogP contribution in [0.5, 0.6) is 0 Å². The number of nitrogens with one attached hydrogen (secondary N) is 1. The summed E-state index contributed by atoms with van der Waals surface area (Å²) in [6.07, 6.45) is 1.07. The zero-order valence-corrected chi connectivity index (χ0v) is 11.2. The minimum atomic E-state index is 0.524. The summed E-state index contributed by atoms with van der Waals surface area (Å²) in [5, 5.41) is 3.56. The molecule has 0 aliphatic heterocycles. The van der Waals surface area contributed by atoms with E-state index < -0.39 is 0 Å². The Kier molecular flexibility index (Phi) is 4.40. The first-order valence-corrected chi connectivity index (χ1v) is 6.68. The predicted octanol–water partition coefficient (Wildman–Crippen LogP) is 4.46. The fourth-order valence-corrected chi connectivity index (χ4v) is 2.16. The summed E-state index contributed by atoms with van der Waals surface area (Å²) in [7, 11) is 0. The first kappa shape index (κ1) is 12.7. The summed E-state index contributed by atoms with van der Waals surface area (Å²) >= 11 is 0. The Morgan fingerprint density at radius 1 is 0.944 bits per heavy atom. The topological polar surface area (TPSA) is 12.0 Å². The van der Waals surface area contributed by atoms with Gasteiger partial charge in [0.15, 0.2) is 0 Å². The van der Waals surface area contributed by atoms with E-state index in [1.165, 1.54) is 16.8 Å². The Labute approximate surface area is 110 Å². The number of rotatable bonds is 5. The second-order valence-electron chi connectivity index (χ2n) is 4.70. The van der Waals surface area contributed by atoms with E-state index in [4.69, 9.17) is 0 Å². The summed E-state index contributed by atoms with van der Waals surface area (Å²) in [6.45, 7) is 5.43. The number of hydrogen-bond acceptors (Lipinski definition) is 1. The van der Waals surface area contributed by atoms with Crippen molar-refractivity contribution in [2.75, 3.05) is 11.9 Å². The highest BCUT2D eigenvalue weighted by molar-refractivity contribution is 5.51. The van der Waals surface area contributed by atoms with Gasteiger partial charge in [-0.25, -0.2) is 0 Å². The summed E-state index contributed by atoms with van der Waals surface area (Å²) < 4.78 is 0. The molecule has 0 aliphatic carbocycles. The normalized spacial score (nSPS) is 12.1. The van der Waals surface area contributed by atoms with Crippen LogP contribution in [0.25, 0.3) is 0 Å². The van der Waals surface area contributed by atoms with Crippen molar-refractivity contribution < 1.29 is 0 Å². The molecule has 1 nitrogen and oxygen atoms in total. The minimum absolute atomic E-state index is 0.524. The molecule has 0 heterocycles. The van der Waals surface area contributed by atoms with Crippen LogP contribution in [0.3, 0.4) is 0 Å². The first-order chi connectivity index (χ1) is 8.81.